The van der Waals surface area contributed by atoms with Crippen molar-refractivity contribution in [2.24, 2.45) is 0 Å². The zero-order valence-corrected chi connectivity index (χ0v) is 19.8. The molecule has 1 saturated heterocycles. The minimum atomic E-state index is -0.694. The van der Waals surface area contributed by atoms with Gasteiger partial charge in [-0.25, -0.2) is 4.68 Å². The number of hydrogen-bond acceptors (Lipinski definition) is 6. The number of methoxy groups -OCH3 is 1. The number of carbonyl (C=O) groups is 1. The maximum absolute atomic E-state index is 13.1. The Kier molecular flexibility index (Phi) is 8.29. The van der Waals surface area contributed by atoms with Crippen LogP contribution in [0.25, 0.3) is 0 Å². The number of amides is 1. The normalized spacial score (nSPS) is 18.0. The second kappa shape index (κ2) is 11.6. The minimum absolute atomic E-state index is 0.110. The van der Waals surface area contributed by atoms with Crippen LogP contribution in [0, 0.1) is 0 Å². The average Bonchev–Trinajstić information content (AvgIpc) is 3.27. The third kappa shape index (κ3) is 6.42. The number of aromatic nitrogens is 3. The molecule has 0 spiro atoms. The van der Waals surface area contributed by atoms with Crippen molar-refractivity contribution in [1.82, 2.24) is 19.9 Å². The SMILES string of the molecule is COC(C(=O)N1CCOC(Cn2cc(CC(O)Cc3ccccc3)nn2)C1)c1ccc(Cl)cc1. The van der Waals surface area contributed by atoms with Crippen LogP contribution in [0.5, 0.6) is 0 Å². The number of rotatable bonds is 9. The summed E-state index contributed by atoms with van der Waals surface area (Å²) < 4.78 is 13.1. The lowest BCUT2D eigenvalue weighted by Crippen LogP contribution is -2.48. The van der Waals surface area contributed by atoms with Gasteiger partial charge in [-0.3, -0.25) is 4.79 Å². The molecule has 1 aliphatic heterocycles. The van der Waals surface area contributed by atoms with Gasteiger partial charge in [0.05, 0.1) is 31.1 Å². The predicted octanol–water partition coefficient (Wildman–Crippen LogP) is 2.69. The van der Waals surface area contributed by atoms with Crippen molar-refractivity contribution in [1.29, 1.82) is 0 Å². The average molecular weight is 485 g/mol. The summed E-state index contributed by atoms with van der Waals surface area (Å²) in [4.78, 5) is 14.9. The lowest BCUT2D eigenvalue weighted by atomic mass is 10.0. The monoisotopic (exact) mass is 484 g/mol. The molecule has 0 radical (unpaired) electrons. The first-order valence-corrected chi connectivity index (χ1v) is 11.7. The van der Waals surface area contributed by atoms with Crippen LogP contribution in [0.3, 0.4) is 0 Å². The fraction of sp³-hybridized carbons (Fsp3) is 0.400. The highest BCUT2D eigenvalue weighted by Crippen LogP contribution is 2.23. The second-order valence-electron chi connectivity index (χ2n) is 8.42. The van der Waals surface area contributed by atoms with Crippen LogP contribution in [0.1, 0.15) is 22.9 Å². The van der Waals surface area contributed by atoms with Gasteiger partial charge < -0.3 is 19.5 Å². The van der Waals surface area contributed by atoms with Crippen LogP contribution in [-0.4, -0.2) is 69.9 Å². The number of carbonyl (C=O) groups excluding carboxylic acids is 1. The standard InChI is InChI=1S/C25H29ClN4O4/c1-33-24(19-7-9-20(26)10-8-19)25(32)29-11-12-34-23(16-29)17-30-15-21(27-28-30)14-22(31)13-18-5-3-2-4-6-18/h2-10,15,22-24,31H,11-14,16-17H2,1H3. The van der Waals surface area contributed by atoms with Crippen LogP contribution in [-0.2, 0) is 33.7 Å². The summed E-state index contributed by atoms with van der Waals surface area (Å²) in [5, 5.41) is 19.4. The fourth-order valence-electron chi connectivity index (χ4n) is 4.14. The molecular weight excluding hydrogens is 456 g/mol. The van der Waals surface area contributed by atoms with Crippen LogP contribution in [0.2, 0.25) is 5.02 Å². The van der Waals surface area contributed by atoms with Gasteiger partial charge in [0.1, 0.15) is 0 Å². The Morgan fingerprint density at radius 1 is 1.21 bits per heavy atom. The highest BCUT2D eigenvalue weighted by Gasteiger charge is 2.31. The quantitative estimate of drug-likeness (QED) is 0.502. The molecule has 1 amide bonds. The summed E-state index contributed by atoms with van der Waals surface area (Å²) >= 11 is 5.97. The topological polar surface area (TPSA) is 89.7 Å². The number of hydrogen-bond donors (Lipinski definition) is 1. The van der Waals surface area contributed by atoms with Crippen molar-refractivity contribution in [2.45, 2.75) is 37.7 Å². The molecule has 2 heterocycles. The molecule has 3 aromatic rings. The molecule has 0 bridgehead atoms. The zero-order chi connectivity index (χ0) is 23.9. The molecule has 8 nitrogen and oxygen atoms in total. The summed E-state index contributed by atoms with van der Waals surface area (Å²) in [6.07, 6.45) is 1.35. The molecule has 1 N–H and O–H groups in total. The lowest BCUT2D eigenvalue weighted by Gasteiger charge is -2.34. The van der Waals surface area contributed by atoms with Gasteiger partial charge in [0.25, 0.3) is 5.91 Å². The van der Waals surface area contributed by atoms with E-state index < -0.39 is 12.2 Å². The Hall–Kier alpha value is -2.78. The van der Waals surface area contributed by atoms with Gasteiger partial charge >= 0.3 is 0 Å². The van der Waals surface area contributed by atoms with Crippen molar-refractivity contribution in [3.8, 4) is 0 Å². The minimum Gasteiger partial charge on any atom is -0.392 e. The van der Waals surface area contributed by atoms with Crippen molar-refractivity contribution in [3.05, 3.63) is 82.6 Å². The fourth-order valence-corrected chi connectivity index (χ4v) is 4.27. The van der Waals surface area contributed by atoms with Crippen molar-refractivity contribution >= 4 is 17.5 Å². The van der Waals surface area contributed by atoms with Gasteiger partial charge in [0.15, 0.2) is 6.10 Å². The zero-order valence-electron chi connectivity index (χ0n) is 19.1. The molecule has 180 valence electrons. The van der Waals surface area contributed by atoms with Gasteiger partial charge in [-0.2, -0.15) is 0 Å². The van der Waals surface area contributed by atoms with Crippen molar-refractivity contribution in [2.75, 3.05) is 26.8 Å². The van der Waals surface area contributed by atoms with E-state index in [1.807, 2.05) is 36.5 Å². The Bertz CT molecular complexity index is 1060. The molecular formula is C25H29ClN4O4. The number of benzene rings is 2. The Balaban J connectivity index is 1.32. The molecule has 34 heavy (non-hydrogen) atoms. The van der Waals surface area contributed by atoms with Crippen LogP contribution >= 0.6 is 11.6 Å². The Labute approximate surface area is 204 Å². The molecule has 0 saturated carbocycles. The summed E-state index contributed by atoms with van der Waals surface area (Å²) in [6, 6.07) is 17.0. The number of nitrogens with zero attached hydrogens (tertiary/aromatic N) is 4. The molecule has 2 aromatic carbocycles. The molecule has 3 atom stereocenters. The highest BCUT2D eigenvalue weighted by molar-refractivity contribution is 6.30. The molecule has 3 unspecified atom stereocenters. The van der Waals surface area contributed by atoms with Crippen molar-refractivity contribution < 1.29 is 19.4 Å². The summed E-state index contributed by atoms with van der Waals surface area (Å²) in [5.74, 6) is -0.110. The van der Waals surface area contributed by atoms with Crippen LogP contribution < -0.4 is 0 Å². The van der Waals surface area contributed by atoms with E-state index in [0.717, 1.165) is 11.1 Å². The van der Waals surface area contributed by atoms with Crippen LogP contribution in [0.15, 0.2) is 60.8 Å². The third-order valence-electron chi connectivity index (χ3n) is 5.82. The number of morpholine rings is 1. The molecule has 1 fully saturated rings. The van der Waals surface area contributed by atoms with E-state index in [-0.39, 0.29) is 12.0 Å². The summed E-state index contributed by atoms with van der Waals surface area (Å²) in [7, 11) is 1.53. The van der Waals surface area contributed by atoms with Gasteiger partial charge in [-0.15, -0.1) is 5.10 Å². The largest absolute Gasteiger partial charge is 0.392 e. The molecule has 9 heteroatoms. The van der Waals surface area contributed by atoms with E-state index in [1.165, 1.54) is 7.11 Å². The summed E-state index contributed by atoms with van der Waals surface area (Å²) in [6.45, 7) is 1.82. The van der Waals surface area contributed by atoms with E-state index in [9.17, 15) is 9.90 Å². The van der Waals surface area contributed by atoms with E-state index in [4.69, 9.17) is 21.1 Å². The highest BCUT2D eigenvalue weighted by atomic mass is 35.5. The van der Waals surface area contributed by atoms with Gasteiger partial charge in [-0.05, 0) is 29.7 Å². The van der Waals surface area contributed by atoms with E-state index in [1.54, 1.807) is 33.8 Å². The molecule has 1 aliphatic rings. The number of halogens is 1. The molecule has 4 rings (SSSR count). The Morgan fingerprint density at radius 2 is 1.97 bits per heavy atom. The smallest absolute Gasteiger partial charge is 0.256 e. The lowest BCUT2D eigenvalue weighted by molar-refractivity contribution is -0.150. The number of aliphatic hydroxyl groups is 1. The predicted molar refractivity (Wildman–Crippen MR) is 127 cm³/mol. The van der Waals surface area contributed by atoms with E-state index in [2.05, 4.69) is 10.3 Å². The first-order chi connectivity index (χ1) is 16.5. The number of aliphatic hydroxyl groups excluding tert-OH is 1. The van der Waals surface area contributed by atoms with Gasteiger partial charge in [0.2, 0.25) is 0 Å². The number of ether oxygens (including phenoxy) is 2. The molecule has 0 aliphatic carbocycles. The Morgan fingerprint density at radius 3 is 2.71 bits per heavy atom. The van der Waals surface area contributed by atoms with Crippen molar-refractivity contribution in [3.63, 3.8) is 0 Å². The van der Waals surface area contributed by atoms with E-state index >= 15 is 0 Å². The van der Waals surface area contributed by atoms with E-state index in [0.29, 0.717) is 49.8 Å². The summed E-state index contributed by atoms with van der Waals surface area (Å²) in [5.41, 5.74) is 2.56. The van der Waals surface area contributed by atoms with Gasteiger partial charge in [0, 0.05) is 37.8 Å². The maximum Gasteiger partial charge on any atom is 0.256 e. The third-order valence-corrected chi connectivity index (χ3v) is 6.07. The molecule has 1 aromatic heterocycles. The first kappa shape index (κ1) is 24.3. The second-order valence-corrected chi connectivity index (χ2v) is 8.86. The van der Waals surface area contributed by atoms with Crippen LogP contribution in [0.4, 0.5) is 0 Å². The maximum atomic E-state index is 13.1. The van der Waals surface area contributed by atoms with Gasteiger partial charge in [-0.1, -0.05) is 59.3 Å². The first-order valence-electron chi connectivity index (χ1n) is 11.3.